The van der Waals surface area contributed by atoms with Crippen LogP contribution >= 0.6 is 0 Å². The molecule has 0 fully saturated rings. The van der Waals surface area contributed by atoms with Crippen molar-refractivity contribution in [2.75, 3.05) is 0 Å². The number of benzene rings is 1. The van der Waals surface area contributed by atoms with E-state index in [0.29, 0.717) is 6.42 Å². The zero-order valence-electron chi connectivity index (χ0n) is 10.9. The summed E-state index contributed by atoms with van der Waals surface area (Å²) in [5.41, 5.74) is 1.06. The van der Waals surface area contributed by atoms with Crippen LogP contribution in [0.4, 0.5) is 0 Å². The summed E-state index contributed by atoms with van der Waals surface area (Å²) in [6.07, 6.45) is 4.00. The van der Waals surface area contributed by atoms with Crippen LogP contribution in [0.15, 0.2) is 48.2 Å². The molecule has 0 unspecified atom stereocenters. The molecule has 0 atom stereocenters. The van der Waals surface area contributed by atoms with Crippen molar-refractivity contribution in [3.05, 3.63) is 53.7 Å². The van der Waals surface area contributed by atoms with Gasteiger partial charge in [-0.2, -0.15) is 0 Å². The van der Waals surface area contributed by atoms with Crippen LogP contribution in [0.2, 0.25) is 19.6 Å². The van der Waals surface area contributed by atoms with Crippen molar-refractivity contribution in [3.63, 3.8) is 0 Å². The fourth-order valence-electron chi connectivity index (χ4n) is 1.29. The Labute approximate surface area is 105 Å². The molecular weight excluding hydrogens is 224 g/mol. The molecule has 0 bridgehead atoms. The largest absolute Gasteiger partial charge is 0.295 e. The molecule has 1 aromatic rings. The van der Waals surface area contributed by atoms with E-state index < -0.39 is 8.07 Å². The molecule has 0 aliphatic heterocycles. The average Bonchev–Trinajstić information content (AvgIpc) is 2.26. The molecule has 0 saturated carbocycles. The molecule has 1 nitrogen and oxygen atoms in total. The summed E-state index contributed by atoms with van der Waals surface area (Å²) >= 11 is 0. The van der Waals surface area contributed by atoms with Gasteiger partial charge in [0.2, 0.25) is 0 Å². The number of carbonyl (C=O) groups excluding carboxylic acids is 1. The lowest BCUT2D eigenvalue weighted by atomic mass is 10.2. The van der Waals surface area contributed by atoms with Crippen molar-refractivity contribution in [2.24, 2.45) is 0 Å². The number of hydrogen-bond acceptors (Lipinski definition) is 1. The molecule has 0 aromatic heterocycles. The van der Waals surface area contributed by atoms with Gasteiger partial charge < -0.3 is 0 Å². The Balaban J connectivity index is 2.57. The molecular formula is C15H20OSi. The van der Waals surface area contributed by atoms with E-state index in [4.69, 9.17) is 0 Å². The molecule has 90 valence electrons. The summed E-state index contributed by atoms with van der Waals surface area (Å²) in [6, 6.07) is 9.86. The molecule has 0 aliphatic carbocycles. The first kappa shape index (κ1) is 13.7. The second kappa shape index (κ2) is 5.78. The molecule has 1 rings (SSSR count). The third-order valence-electron chi connectivity index (χ3n) is 2.71. The fraction of sp³-hybridized carbons (Fsp3) is 0.267. The highest BCUT2D eigenvalue weighted by molar-refractivity contribution is 6.83. The Morgan fingerprint density at radius 3 is 2.35 bits per heavy atom. The zero-order chi connectivity index (χ0) is 12.9. The SMILES string of the molecule is C=C(CC(=O)/C=C/c1ccccc1)[Si](C)(C)C. The fourth-order valence-corrected chi connectivity index (χ4v) is 1.99. The van der Waals surface area contributed by atoms with Crippen LogP contribution in [-0.2, 0) is 4.79 Å². The lowest BCUT2D eigenvalue weighted by Gasteiger charge is -2.18. The summed E-state index contributed by atoms with van der Waals surface area (Å²) in [4.78, 5) is 11.7. The highest BCUT2D eigenvalue weighted by atomic mass is 28.3. The molecule has 0 spiro atoms. The van der Waals surface area contributed by atoms with Gasteiger partial charge in [-0.15, -0.1) is 6.58 Å². The van der Waals surface area contributed by atoms with E-state index in [9.17, 15) is 4.79 Å². The third kappa shape index (κ3) is 4.96. The van der Waals surface area contributed by atoms with E-state index in [2.05, 4.69) is 26.2 Å². The first-order chi connectivity index (χ1) is 7.89. The summed E-state index contributed by atoms with van der Waals surface area (Å²) in [5.74, 6) is 0.140. The lowest BCUT2D eigenvalue weighted by Crippen LogP contribution is -2.24. The Bertz CT molecular complexity index is 424. The Morgan fingerprint density at radius 2 is 1.82 bits per heavy atom. The number of carbonyl (C=O) groups is 1. The van der Waals surface area contributed by atoms with Gasteiger partial charge in [0.15, 0.2) is 5.78 Å². The molecule has 17 heavy (non-hydrogen) atoms. The summed E-state index contributed by atoms with van der Waals surface area (Å²) < 4.78 is 0. The smallest absolute Gasteiger partial charge is 0.159 e. The lowest BCUT2D eigenvalue weighted by molar-refractivity contribution is -0.113. The van der Waals surface area contributed by atoms with Crippen LogP contribution in [-0.4, -0.2) is 13.9 Å². The van der Waals surface area contributed by atoms with E-state index in [1.807, 2.05) is 36.4 Å². The maximum absolute atomic E-state index is 11.7. The van der Waals surface area contributed by atoms with Crippen LogP contribution in [0.1, 0.15) is 12.0 Å². The second-order valence-electron chi connectivity index (χ2n) is 5.24. The van der Waals surface area contributed by atoms with Gasteiger partial charge in [0.25, 0.3) is 0 Å². The number of rotatable bonds is 5. The minimum atomic E-state index is -1.38. The Hall–Kier alpha value is -1.41. The van der Waals surface area contributed by atoms with Crippen molar-refractivity contribution in [3.8, 4) is 0 Å². The quantitative estimate of drug-likeness (QED) is 0.563. The highest BCUT2D eigenvalue weighted by Crippen LogP contribution is 2.16. The molecule has 0 heterocycles. The first-order valence-electron chi connectivity index (χ1n) is 5.84. The molecule has 1 aromatic carbocycles. The van der Waals surface area contributed by atoms with Gasteiger partial charge >= 0.3 is 0 Å². The van der Waals surface area contributed by atoms with Crippen molar-refractivity contribution < 1.29 is 4.79 Å². The molecule has 0 radical (unpaired) electrons. The van der Waals surface area contributed by atoms with E-state index in [1.165, 1.54) is 0 Å². The van der Waals surface area contributed by atoms with E-state index in [0.717, 1.165) is 10.8 Å². The highest BCUT2D eigenvalue weighted by Gasteiger charge is 2.18. The van der Waals surface area contributed by atoms with Gasteiger partial charge in [-0.3, -0.25) is 4.79 Å². The van der Waals surface area contributed by atoms with Gasteiger partial charge in [0.1, 0.15) is 0 Å². The zero-order valence-corrected chi connectivity index (χ0v) is 11.9. The van der Waals surface area contributed by atoms with Crippen molar-refractivity contribution in [1.82, 2.24) is 0 Å². The normalized spacial score (nSPS) is 11.7. The van der Waals surface area contributed by atoms with E-state index in [-0.39, 0.29) is 5.78 Å². The van der Waals surface area contributed by atoms with Gasteiger partial charge in [-0.1, -0.05) is 61.2 Å². The standard InChI is InChI=1S/C15H20OSi/c1-13(17(2,3)4)12-15(16)11-10-14-8-6-5-7-9-14/h5-11H,1,12H2,2-4H3/b11-10+. The number of allylic oxidation sites excluding steroid dienone is 2. The molecule has 0 aliphatic rings. The predicted octanol–water partition coefficient (Wildman–Crippen LogP) is 4.09. The first-order valence-corrected chi connectivity index (χ1v) is 9.34. The Morgan fingerprint density at radius 1 is 1.24 bits per heavy atom. The summed E-state index contributed by atoms with van der Waals surface area (Å²) in [5, 5.41) is 1.11. The monoisotopic (exact) mass is 244 g/mol. The maximum Gasteiger partial charge on any atom is 0.159 e. The van der Waals surface area contributed by atoms with Gasteiger partial charge in [0.05, 0.1) is 8.07 Å². The van der Waals surface area contributed by atoms with E-state index in [1.54, 1.807) is 6.08 Å². The average molecular weight is 244 g/mol. The molecule has 0 N–H and O–H groups in total. The van der Waals surface area contributed by atoms with Gasteiger partial charge in [-0.25, -0.2) is 0 Å². The van der Waals surface area contributed by atoms with Crippen molar-refractivity contribution >= 4 is 19.9 Å². The number of ketones is 1. The van der Waals surface area contributed by atoms with Crippen LogP contribution in [0.3, 0.4) is 0 Å². The van der Waals surface area contributed by atoms with Crippen molar-refractivity contribution in [2.45, 2.75) is 26.1 Å². The number of hydrogen-bond donors (Lipinski definition) is 0. The van der Waals surface area contributed by atoms with Gasteiger partial charge in [-0.05, 0) is 11.6 Å². The summed E-state index contributed by atoms with van der Waals surface area (Å²) in [7, 11) is -1.38. The van der Waals surface area contributed by atoms with Crippen LogP contribution in [0.25, 0.3) is 6.08 Å². The van der Waals surface area contributed by atoms with Crippen LogP contribution in [0, 0.1) is 0 Å². The van der Waals surface area contributed by atoms with Crippen molar-refractivity contribution in [1.29, 1.82) is 0 Å². The molecule has 2 heteroatoms. The van der Waals surface area contributed by atoms with E-state index >= 15 is 0 Å². The van der Waals surface area contributed by atoms with Crippen LogP contribution in [0.5, 0.6) is 0 Å². The third-order valence-corrected chi connectivity index (χ3v) is 5.01. The minimum absolute atomic E-state index is 0.140. The second-order valence-corrected chi connectivity index (χ2v) is 10.4. The summed E-state index contributed by atoms with van der Waals surface area (Å²) in [6.45, 7) is 10.7. The Kier molecular flexibility index (Phi) is 4.64. The molecule has 0 amide bonds. The predicted molar refractivity (Wildman–Crippen MR) is 77.6 cm³/mol. The van der Waals surface area contributed by atoms with Crippen LogP contribution < -0.4 is 0 Å². The minimum Gasteiger partial charge on any atom is -0.295 e. The van der Waals surface area contributed by atoms with Gasteiger partial charge in [0, 0.05) is 6.42 Å². The topological polar surface area (TPSA) is 17.1 Å². The maximum atomic E-state index is 11.7. The molecule has 0 saturated heterocycles.